The van der Waals surface area contributed by atoms with Gasteiger partial charge >= 0.3 is 5.97 Å². The highest BCUT2D eigenvalue weighted by atomic mass is 16.6. The summed E-state index contributed by atoms with van der Waals surface area (Å²) in [6.45, 7) is -0.506. The summed E-state index contributed by atoms with van der Waals surface area (Å²) in [6, 6.07) is 0.835. The van der Waals surface area contributed by atoms with Gasteiger partial charge in [0, 0.05) is 6.07 Å². The second-order valence-corrected chi connectivity index (χ2v) is 3.95. The van der Waals surface area contributed by atoms with E-state index in [9.17, 15) is 24.5 Å². The molecule has 0 spiro atoms. The van der Waals surface area contributed by atoms with E-state index in [1.807, 2.05) is 0 Å². The molecule has 1 aromatic heterocycles. The van der Waals surface area contributed by atoms with Gasteiger partial charge in [-0.1, -0.05) is 0 Å². The van der Waals surface area contributed by atoms with Crippen LogP contribution in [0.5, 0.6) is 0 Å². The Morgan fingerprint density at radius 2 is 2.00 bits per heavy atom. The predicted octanol–water partition coefficient (Wildman–Crippen LogP) is -0.849. The van der Waals surface area contributed by atoms with Gasteiger partial charge in [0.1, 0.15) is 17.6 Å². The second kappa shape index (κ2) is 4.91. The van der Waals surface area contributed by atoms with Crippen molar-refractivity contribution in [2.45, 2.75) is 0 Å². The highest BCUT2D eigenvalue weighted by Gasteiger charge is 2.28. The SMILES string of the molecule is O=C1CN(c2ncc([N+](=O)[O-])cc2C(=O)O)CC(=O)N1. The first-order valence-corrected chi connectivity index (χ1v) is 5.34. The number of aromatic carboxylic acids is 1. The van der Waals surface area contributed by atoms with E-state index in [0.717, 1.165) is 17.2 Å². The molecule has 10 nitrogen and oxygen atoms in total. The third-order valence-corrected chi connectivity index (χ3v) is 2.54. The second-order valence-electron chi connectivity index (χ2n) is 3.95. The van der Waals surface area contributed by atoms with E-state index in [1.54, 1.807) is 0 Å². The molecule has 0 radical (unpaired) electrons. The number of aromatic nitrogens is 1. The molecule has 1 fully saturated rings. The van der Waals surface area contributed by atoms with Crippen molar-refractivity contribution >= 4 is 29.3 Å². The number of hydrogen-bond donors (Lipinski definition) is 2. The van der Waals surface area contributed by atoms with Gasteiger partial charge in [0.05, 0.1) is 18.0 Å². The summed E-state index contributed by atoms with van der Waals surface area (Å²) in [7, 11) is 0. The number of anilines is 1. The summed E-state index contributed by atoms with van der Waals surface area (Å²) in [6.07, 6.45) is 0.874. The molecule has 2 rings (SSSR count). The fourth-order valence-electron chi connectivity index (χ4n) is 1.74. The summed E-state index contributed by atoms with van der Waals surface area (Å²) < 4.78 is 0. The lowest BCUT2D eigenvalue weighted by Gasteiger charge is -2.27. The van der Waals surface area contributed by atoms with Crippen LogP contribution in [-0.4, -0.2) is 45.9 Å². The minimum Gasteiger partial charge on any atom is -0.478 e. The molecule has 0 aliphatic carbocycles. The minimum absolute atomic E-state index is 0.161. The molecule has 0 atom stereocenters. The zero-order valence-corrected chi connectivity index (χ0v) is 9.90. The predicted molar refractivity (Wildman–Crippen MR) is 63.2 cm³/mol. The van der Waals surface area contributed by atoms with Crippen LogP contribution < -0.4 is 10.2 Å². The van der Waals surface area contributed by atoms with E-state index in [-0.39, 0.29) is 18.9 Å². The maximum atomic E-state index is 11.3. The molecule has 2 N–H and O–H groups in total. The monoisotopic (exact) mass is 280 g/mol. The molecule has 0 saturated carbocycles. The average Bonchev–Trinajstić information content (AvgIpc) is 2.36. The fraction of sp³-hybridized carbons (Fsp3) is 0.200. The summed E-state index contributed by atoms with van der Waals surface area (Å²) in [5, 5.41) is 21.7. The molecule has 20 heavy (non-hydrogen) atoms. The number of pyridine rings is 1. The Morgan fingerprint density at radius 3 is 2.50 bits per heavy atom. The highest BCUT2D eigenvalue weighted by molar-refractivity contribution is 6.04. The summed E-state index contributed by atoms with van der Waals surface area (Å²) >= 11 is 0. The molecule has 2 amide bonds. The number of amides is 2. The first-order valence-electron chi connectivity index (χ1n) is 5.34. The van der Waals surface area contributed by atoms with Crippen LogP contribution in [0.1, 0.15) is 10.4 Å². The molecule has 1 aliphatic rings. The molecule has 10 heteroatoms. The number of piperazine rings is 1. The molecule has 1 saturated heterocycles. The molecular formula is C10H8N4O6. The summed E-state index contributed by atoms with van der Waals surface area (Å²) in [5.74, 6) is -2.79. The normalized spacial score (nSPS) is 14.9. The maximum Gasteiger partial charge on any atom is 0.339 e. The van der Waals surface area contributed by atoms with Gasteiger partial charge in [0.25, 0.3) is 5.69 Å². The lowest BCUT2D eigenvalue weighted by Crippen LogP contribution is -2.52. The van der Waals surface area contributed by atoms with Crippen molar-refractivity contribution in [3.8, 4) is 0 Å². The van der Waals surface area contributed by atoms with Crippen LogP contribution in [0, 0.1) is 10.1 Å². The number of carboxylic acid groups (broad SMARTS) is 1. The Bertz CT molecular complexity index is 612. The van der Waals surface area contributed by atoms with Crippen LogP contribution in [0.3, 0.4) is 0 Å². The van der Waals surface area contributed by atoms with Gasteiger partial charge in [-0.2, -0.15) is 0 Å². The average molecular weight is 280 g/mol. The van der Waals surface area contributed by atoms with Crippen LogP contribution in [0.4, 0.5) is 11.5 Å². The molecular weight excluding hydrogens is 272 g/mol. The van der Waals surface area contributed by atoms with Crippen molar-refractivity contribution < 1.29 is 24.4 Å². The van der Waals surface area contributed by atoms with Gasteiger partial charge in [0.15, 0.2) is 0 Å². The van der Waals surface area contributed by atoms with E-state index in [2.05, 4.69) is 10.3 Å². The largest absolute Gasteiger partial charge is 0.478 e. The van der Waals surface area contributed by atoms with Crippen molar-refractivity contribution in [3.63, 3.8) is 0 Å². The topological polar surface area (TPSA) is 143 Å². The van der Waals surface area contributed by atoms with Gasteiger partial charge in [-0.3, -0.25) is 25.0 Å². The third kappa shape index (κ3) is 2.53. The molecule has 0 bridgehead atoms. The standard InChI is InChI=1S/C10H8N4O6/c15-7-3-13(4-8(16)12-7)9-6(10(17)18)1-5(2-11-9)14(19)20/h1-2H,3-4H2,(H,17,18)(H,12,15,16). The summed E-state index contributed by atoms with van der Waals surface area (Å²) in [5.41, 5.74) is -0.930. The van der Waals surface area contributed by atoms with Crippen LogP contribution in [-0.2, 0) is 9.59 Å². The molecule has 0 aromatic carbocycles. The Balaban J connectivity index is 2.45. The number of rotatable bonds is 3. The van der Waals surface area contributed by atoms with Crippen LogP contribution in [0.15, 0.2) is 12.3 Å². The van der Waals surface area contributed by atoms with Crippen molar-refractivity contribution in [1.82, 2.24) is 10.3 Å². The van der Waals surface area contributed by atoms with E-state index in [1.165, 1.54) is 0 Å². The molecule has 1 aliphatic heterocycles. The van der Waals surface area contributed by atoms with E-state index >= 15 is 0 Å². The van der Waals surface area contributed by atoms with Gasteiger partial charge < -0.3 is 10.0 Å². The van der Waals surface area contributed by atoms with Crippen molar-refractivity contribution in [2.75, 3.05) is 18.0 Å². The van der Waals surface area contributed by atoms with Crippen molar-refractivity contribution in [3.05, 3.63) is 27.9 Å². The number of carbonyl (C=O) groups excluding carboxylic acids is 2. The highest BCUT2D eigenvalue weighted by Crippen LogP contribution is 2.23. The smallest absolute Gasteiger partial charge is 0.339 e. The van der Waals surface area contributed by atoms with Crippen LogP contribution in [0.25, 0.3) is 0 Å². The summed E-state index contributed by atoms with van der Waals surface area (Å²) in [4.78, 5) is 48.3. The van der Waals surface area contributed by atoms with Gasteiger partial charge in [-0.25, -0.2) is 9.78 Å². The molecule has 2 heterocycles. The molecule has 0 unspecified atom stereocenters. The van der Waals surface area contributed by atoms with Gasteiger partial charge in [-0.15, -0.1) is 0 Å². The lowest BCUT2D eigenvalue weighted by atomic mass is 10.2. The van der Waals surface area contributed by atoms with E-state index in [0.29, 0.717) is 0 Å². The first-order chi connectivity index (χ1) is 9.38. The van der Waals surface area contributed by atoms with E-state index < -0.39 is 34.0 Å². The van der Waals surface area contributed by atoms with E-state index in [4.69, 9.17) is 5.11 Å². The minimum atomic E-state index is -1.44. The quantitative estimate of drug-likeness (QED) is 0.414. The number of nitrogens with zero attached hydrogens (tertiary/aromatic N) is 3. The number of nitrogens with one attached hydrogen (secondary N) is 1. The fourth-order valence-corrected chi connectivity index (χ4v) is 1.74. The first kappa shape index (κ1) is 13.4. The third-order valence-electron chi connectivity index (χ3n) is 2.54. The lowest BCUT2D eigenvalue weighted by molar-refractivity contribution is -0.385. The van der Waals surface area contributed by atoms with Gasteiger partial charge in [-0.05, 0) is 0 Å². The molecule has 1 aromatic rings. The van der Waals surface area contributed by atoms with Crippen molar-refractivity contribution in [2.24, 2.45) is 0 Å². The Hall–Kier alpha value is -3.04. The number of carboxylic acids is 1. The number of imide groups is 1. The Kier molecular flexibility index (Phi) is 3.29. The van der Waals surface area contributed by atoms with Crippen LogP contribution in [0.2, 0.25) is 0 Å². The Morgan fingerprint density at radius 1 is 1.40 bits per heavy atom. The zero-order chi connectivity index (χ0) is 14.9. The zero-order valence-electron chi connectivity index (χ0n) is 9.90. The number of nitro groups is 1. The van der Waals surface area contributed by atoms with Crippen molar-refractivity contribution in [1.29, 1.82) is 0 Å². The number of carbonyl (C=O) groups is 3. The number of hydrogen-bond acceptors (Lipinski definition) is 7. The van der Waals surface area contributed by atoms with Gasteiger partial charge in [0.2, 0.25) is 11.8 Å². The van der Waals surface area contributed by atoms with Crippen LogP contribution >= 0.6 is 0 Å². The molecule has 104 valence electrons. The Labute approximate surface area is 111 Å². The maximum absolute atomic E-state index is 11.3.